The number of amides is 1. The Morgan fingerprint density at radius 3 is 2.59 bits per heavy atom. The second kappa shape index (κ2) is 11.1. The fourth-order valence-corrected chi connectivity index (χ4v) is 5.24. The summed E-state index contributed by atoms with van der Waals surface area (Å²) in [6, 6.07) is 12.9. The van der Waals surface area contributed by atoms with E-state index in [4.69, 9.17) is 4.74 Å². The first-order chi connectivity index (χ1) is 15.2. The van der Waals surface area contributed by atoms with Gasteiger partial charge >= 0.3 is 0 Å². The predicted molar refractivity (Wildman–Crippen MR) is 132 cm³/mol. The van der Waals surface area contributed by atoms with Crippen LogP contribution >= 0.6 is 0 Å². The summed E-state index contributed by atoms with van der Waals surface area (Å²) in [6.45, 7) is 10.5. The quantitative estimate of drug-likeness (QED) is 0.438. The minimum absolute atomic E-state index is 0.251. The fourth-order valence-electron chi connectivity index (χ4n) is 5.24. The first-order valence-electron chi connectivity index (χ1n) is 12.3. The lowest BCUT2D eigenvalue weighted by Crippen LogP contribution is -2.42. The third-order valence-corrected chi connectivity index (χ3v) is 6.56. The lowest BCUT2D eigenvalue weighted by Gasteiger charge is -2.36. The van der Waals surface area contributed by atoms with Crippen molar-refractivity contribution in [3.8, 4) is 5.75 Å². The van der Waals surface area contributed by atoms with Crippen LogP contribution < -0.4 is 4.74 Å². The molecule has 4 heteroatoms. The first kappa shape index (κ1) is 24.4. The molecule has 1 atom stereocenters. The lowest BCUT2D eigenvalue weighted by molar-refractivity contribution is -0.136. The first-order valence-corrected chi connectivity index (χ1v) is 12.3. The molecule has 0 saturated heterocycles. The number of hydrogen-bond donors (Lipinski definition) is 0. The Labute approximate surface area is 195 Å². The van der Waals surface area contributed by atoms with Crippen LogP contribution in [0.4, 0.5) is 0 Å². The Morgan fingerprint density at radius 1 is 1.16 bits per heavy atom. The van der Waals surface area contributed by atoms with E-state index in [-0.39, 0.29) is 5.41 Å². The molecule has 0 unspecified atom stereocenters. The molecule has 1 amide bonds. The highest BCUT2D eigenvalue weighted by Gasteiger charge is 2.28. The summed E-state index contributed by atoms with van der Waals surface area (Å²) in [5.74, 6) is 1.60. The van der Waals surface area contributed by atoms with Crippen molar-refractivity contribution in [1.82, 2.24) is 9.47 Å². The maximum Gasteiger partial charge on any atom is 0.223 e. The molecule has 2 aromatic rings. The Bertz CT molecular complexity index is 858. The van der Waals surface area contributed by atoms with Gasteiger partial charge in [0, 0.05) is 30.9 Å². The van der Waals surface area contributed by atoms with Crippen molar-refractivity contribution in [3.63, 3.8) is 0 Å². The number of rotatable bonds is 9. The van der Waals surface area contributed by atoms with Gasteiger partial charge in [-0.1, -0.05) is 59.1 Å². The number of benzene rings is 1. The molecule has 32 heavy (non-hydrogen) atoms. The third-order valence-electron chi connectivity index (χ3n) is 6.56. The van der Waals surface area contributed by atoms with Gasteiger partial charge in [0.2, 0.25) is 5.91 Å². The molecule has 176 valence electrons. The van der Waals surface area contributed by atoms with E-state index < -0.39 is 0 Å². The Balaban J connectivity index is 1.75. The van der Waals surface area contributed by atoms with Gasteiger partial charge in [0.15, 0.2) is 0 Å². The molecule has 1 aliphatic carbocycles. The van der Waals surface area contributed by atoms with E-state index in [0.29, 0.717) is 30.8 Å². The molecule has 1 aromatic carbocycles. The Kier molecular flexibility index (Phi) is 8.44. The molecule has 0 spiro atoms. The summed E-state index contributed by atoms with van der Waals surface area (Å²) < 4.78 is 7.66. The molecule has 1 aromatic heterocycles. The predicted octanol–water partition coefficient (Wildman–Crippen LogP) is 6.67. The van der Waals surface area contributed by atoms with Gasteiger partial charge in [-0.15, -0.1) is 0 Å². The smallest absolute Gasteiger partial charge is 0.223 e. The van der Waals surface area contributed by atoms with Gasteiger partial charge < -0.3 is 14.2 Å². The molecule has 0 aliphatic heterocycles. The van der Waals surface area contributed by atoms with E-state index in [1.807, 2.05) is 12.1 Å². The van der Waals surface area contributed by atoms with Crippen LogP contribution in [0.15, 0.2) is 42.6 Å². The number of methoxy groups -OCH3 is 1. The van der Waals surface area contributed by atoms with Gasteiger partial charge in [-0.05, 0) is 60.4 Å². The molecular formula is C28H42N2O2. The van der Waals surface area contributed by atoms with Crippen LogP contribution in [0.3, 0.4) is 0 Å². The molecule has 0 bridgehead atoms. The van der Waals surface area contributed by atoms with Crippen LogP contribution in [-0.4, -0.2) is 28.5 Å². The average Bonchev–Trinajstić information content (AvgIpc) is 3.17. The van der Waals surface area contributed by atoms with Gasteiger partial charge in [-0.3, -0.25) is 4.79 Å². The molecule has 0 N–H and O–H groups in total. The van der Waals surface area contributed by atoms with Crippen LogP contribution in [0.25, 0.3) is 0 Å². The van der Waals surface area contributed by atoms with Crippen LogP contribution in [0.5, 0.6) is 5.75 Å². The van der Waals surface area contributed by atoms with E-state index in [1.165, 1.54) is 30.5 Å². The topological polar surface area (TPSA) is 34.5 Å². The summed E-state index contributed by atoms with van der Waals surface area (Å²) in [5.41, 5.74) is 2.66. The molecule has 1 saturated carbocycles. The van der Waals surface area contributed by atoms with E-state index in [2.05, 4.69) is 67.6 Å². The third kappa shape index (κ3) is 7.15. The maximum atomic E-state index is 13.5. The highest BCUT2D eigenvalue weighted by atomic mass is 16.5. The maximum absolute atomic E-state index is 13.5. The van der Waals surface area contributed by atoms with Gasteiger partial charge in [0.1, 0.15) is 5.75 Å². The normalized spacial score (nSPS) is 16.0. The fraction of sp³-hybridized carbons (Fsp3) is 0.607. The van der Waals surface area contributed by atoms with Gasteiger partial charge in [-0.2, -0.15) is 0 Å². The average molecular weight is 439 g/mol. The summed E-state index contributed by atoms with van der Waals surface area (Å²) in [5, 5.41) is 0. The van der Waals surface area contributed by atoms with Crippen molar-refractivity contribution in [2.75, 3.05) is 7.11 Å². The van der Waals surface area contributed by atoms with E-state index in [9.17, 15) is 4.79 Å². The highest BCUT2D eigenvalue weighted by molar-refractivity contribution is 5.76. The zero-order chi connectivity index (χ0) is 23.1. The zero-order valence-corrected chi connectivity index (χ0v) is 20.8. The van der Waals surface area contributed by atoms with Gasteiger partial charge in [0.05, 0.1) is 13.7 Å². The number of nitrogens with zero attached hydrogens (tertiary/aromatic N) is 2. The van der Waals surface area contributed by atoms with E-state index in [1.54, 1.807) is 7.11 Å². The standard InChI is InChI=1S/C28H42N2O2/c1-22(19-28(2,3)4)17-27(31)30(24-12-7-6-8-13-24)21-25-14-10-16-29(25)20-23-11-9-15-26(18-23)32-5/h9-11,14-16,18,22,24H,6-8,12-13,17,19-21H2,1-5H3/t22-/m1/s1. The van der Waals surface area contributed by atoms with Crippen LogP contribution in [0, 0.1) is 11.3 Å². The van der Waals surface area contributed by atoms with Gasteiger partial charge in [-0.25, -0.2) is 0 Å². The van der Waals surface area contributed by atoms with Crippen molar-refractivity contribution in [2.45, 2.75) is 91.8 Å². The van der Waals surface area contributed by atoms with Crippen LogP contribution in [-0.2, 0) is 17.9 Å². The molecule has 1 heterocycles. The van der Waals surface area contributed by atoms with Crippen molar-refractivity contribution in [1.29, 1.82) is 0 Å². The highest BCUT2D eigenvalue weighted by Crippen LogP contribution is 2.29. The molecule has 4 nitrogen and oxygen atoms in total. The Morgan fingerprint density at radius 2 is 1.91 bits per heavy atom. The van der Waals surface area contributed by atoms with Gasteiger partial charge in [0.25, 0.3) is 0 Å². The number of carbonyl (C=O) groups is 1. The van der Waals surface area contributed by atoms with E-state index in [0.717, 1.165) is 31.6 Å². The van der Waals surface area contributed by atoms with E-state index >= 15 is 0 Å². The molecule has 1 fully saturated rings. The summed E-state index contributed by atoms with van der Waals surface area (Å²) in [7, 11) is 1.70. The minimum atomic E-state index is 0.251. The van der Waals surface area contributed by atoms with Crippen molar-refractivity contribution in [2.24, 2.45) is 11.3 Å². The zero-order valence-electron chi connectivity index (χ0n) is 20.8. The SMILES string of the molecule is COc1cccc(Cn2cccc2CN(C(=O)C[C@@H](C)CC(C)(C)C)C2CCCCC2)c1. The molecule has 0 radical (unpaired) electrons. The summed E-state index contributed by atoms with van der Waals surface area (Å²) >= 11 is 0. The molecule has 1 aliphatic rings. The second-order valence-corrected chi connectivity index (χ2v) is 10.9. The van der Waals surface area contributed by atoms with Crippen molar-refractivity contribution in [3.05, 3.63) is 53.9 Å². The minimum Gasteiger partial charge on any atom is -0.497 e. The van der Waals surface area contributed by atoms with Crippen molar-refractivity contribution < 1.29 is 9.53 Å². The molecule has 3 rings (SSSR count). The molecular weight excluding hydrogens is 396 g/mol. The number of aromatic nitrogens is 1. The van der Waals surface area contributed by atoms with Crippen LogP contribution in [0.1, 0.15) is 83.9 Å². The monoisotopic (exact) mass is 438 g/mol. The number of carbonyl (C=O) groups excluding carboxylic acids is 1. The van der Waals surface area contributed by atoms with Crippen molar-refractivity contribution >= 4 is 5.91 Å². The lowest BCUT2D eigenvalue weighted by atomic mass is 9.84. The van der Waals surface area contributed by atoms with Crippen LogP contribution in [0.2, 0.25) is 0 Å². The Hall–Kier alpha value is -2.23. The largest absolute Gasteiger partial charge is 0.497 e. The number of ether oxygens (including phenoxy) is 1. The number of hydrogen-bond acceptors (Lipinski definition) is 2. The second-order valence-electron chi connectivity index (χ2n) is 10.9. The summed E-state index contributed by atoms with van der Waals surface area (Å²) in [4.78, 5) is 15.7. The summed E-state index contributed by atoms with van der Waals surface area (Å²) in [6.07, 6.45) is 9.87.